The number of ether oxygens (including phenoxy) is 1. The van der Waals surface area contributed by atoms with Gasteiger partial charge in [0.2, 0.25) is 0 Å². The molecule has 20 heavy (non-hydrogen) atoms. The number of carbonyl (C=O) groups excluding carboxylic acids is 1. The number of rotatable bonds is 5. The predicted octanol–water partition coefficient (Wildman–Crippen LogP) is 4.49. The molecule has 1 aromatic heterocycles. The Hall–Kier alpha value is -1.04. The molecule has 6 heteroatoms. The van der Waals surface area contributed by atoms with Gasteiger partial charge < -0.3 is 10.1 Å². The summed E-state index contributed by atoms with van der Waals surface area (Å²) >= 11 is 11.1. The smallest absolute Gasteiger partial charge is 0.310 e. The summed E-state index contributed by atoms with van der Waals surface area (Å²) in [7, 11) is 1.40. The van der Waals surface area contributed by atoms with E-state index < -0.39 is 0 Å². The van der Waals surface area contributed by atoms with Crippen molar-refractivity contribution in [3.63, 3.8) is 0 Å². The summed E-state index contributed by atoms with van der Waals surface area (Å²) in [6, 6.07) is 9.66. The first-order chi connectivity index (χ1) is 9.58. The summed E-state index contributed by atoms with van der Waals surface area (Å²) in [6.07, 6.45) is 0.320. The Kier molecular flexibility index (Phi) is 5.46. The maximum atomic E-state index is 11.2. The molecule has 0 fully saturated rings. The topological polar surface area (TPSA) is 38.3 Å². The summed E-state index contributed by atoms with van der Waals surface area (Å²) in [5, 5.41) is 3.95. The highest BCUT2D eigenvalue weighted by atomic mass is 79.9. The van der Waals surface area contributed by atoms with Gasteiger partial charge in [0.05, 0.1) is 24.2 Å². The van der Waals surface area contributed by atoms with E-state index in [1.54, 1.807) is 11.3 Å². The van der Waals surface area contributed by atoms with Crippen LogP contribution in [0.3, 0.4) is 0 Å². The van der Waals surface area contributed by atoms with Crippen LogP contribution in [-0.2, 0) is 22.5 Å². The molecular weight excluding hydrogens is 362 g/mol. The van der Waals surface area contributed by atoms with Crippen LogP contribution >= 0.6 is 38.9 Å². The van der Waals surface area contributed by atoms with Crippen molar-refractivity contribution < 1.29 is 9.53 Å². The van der Waals surface area contributed by atoms with E-state index in [0.29, 0.717) is 18.0 Å². The maximum Gasteiger partial charge on any atom is 0.310 e. The highest BCUT2D eigenvalue weighted by molar-refractivity contribution is 9.10. The fourth-order valence-electron chi connectivity index (χ4n) is 1.64. The van der Waals surface area contributed by atoms with Crippen molar-refractivity contribution >= 4 is 50.5 Å². The van der Waals surface area contributed by atoms with Gasteiger partial charge in [-0.15, -0.1) is 11.3 Å². The van der Waals surface area contributed by atoms with Crippen LogP contribution in [0, 0.1) is 0 Å². The van der Waals surface area contributed by atoms with Gasteiger partial charge in [0.25, 0.3) is 0 Å². The second kappa shape index (κ2) is 7.11. The Morgan fingerprint density at radius 2 is 2.10 bits per heavy atom. The Morgan fingerprint density at radius 1 is 1.35 bits per heavy atom. The number of nitrogens with one attached hydrogen (secondary N) is 1. The van der Waals surface area contributed by atoms with Crippen LogP contribution in [0.25, 0.3) is 0 Å². The van der Waals surface area contributed by atoms with Crippen LogP contribution in [0.2, 0.25) is 5.02 Å². The van der Waals surface area contributed by atoms with Crippen LogP contribution in [0.15, 0.2) is 34.8 Å². The lowest BCUT2D eigenvalue weighted by atomic mass is 10.3. The lowest BCUT2D eigenvalue weighted by Crippen LogP contribution is -2.02. The van der Waals surface area contributed by atoms with E-state index in [9.17, 15) is 4.79 Å². The maximum absolute atomic E-state index is 11.2. The lowest BCUT2D eigenvalue weighted by Gasteiger charge is -2.07. The van der Waals surface area contributed by atoms with Gasteiger partial charge in [-0.2, -0.15) is 0 Å². The van der Waals surface area contributed by atoms with Crippen LogP contribution in [0.4, 0.5) is 5.69 Å². The van der Waals surface area contributed by atoms with E-state index in [1.807, 2.05) is 30.3 Å². The molecule has 106 valence electrons. The van der Waals surface area contributed by atoms with Crippen LogP contribution in [0.1, 0.15) is 9.75 Å². The lowest BCUT2D eigenvalue weighted by molar-refractivity contribution is -0.139. The highest BCUT2D eigenvalue weighted by Crippen LogP contribution is 2.27. The normalized spacial score (nSPS) is 10.3. The van der Waals surface area contributed by atoms with Crippen LogP contribution in [-0.4, -0.2) is 13.1 Å². The molecule has 0 saturated heterocycles. The summed E-state index contributed by atoms with van der Waals surface area (Å²) in [6.45, 7) is 0.674. The molecule has 0 aliphatic carbocycles. The van der Waals surface area contributed by atoms with Gasteiger partial charge in [0.15, 0.2) is 0 Å². The average molecular weight is 375 g/mol. The fourth-order valence-corrected chi connectivity index (χ4v) is 3.33. The van der Waals surface area contributed by atoms with Crippen LogP contribution in [0.5, 0.6) is 0 Å². The Bertz CT molecular complexity index is 615. The van der Waals surface area contributed by atoms with Crippen molar-refractivity contribution in [1.82, 2.24) is 0 Å². The summed E-state index contributed by atoms with van der Waals surface area (Å²) < 4.78 is 5.60. The van der Waals surface area contributed by atoms with E-state index in [0.717, 1.165) is 19.9 Å². The third kappa shape index (κ3) is 4.23. The van der Waals surface area contributed by atoms with Crippen LogP contribution < -0.4 is 5.32 Å². The summed E-state index contributed by atoms with van der Waals surface area (Å²) in [5.41, 5.74) is 0.887. The largest absolute Gasteiger partial charge is 0.469 e. The van der Waals surface area contributed by atoms with Crippen molar-refractivity contribution in [2.45, 2.75) is 13.0 Å². The zero-order chi connectivity index (χ0) is 14.5. The van der Waals surface area contributed by atoms with Gasteiger partial charge >= 0.3 is 5.97 Å². The van der Waals surface area contributed by atoms with Crippen molar-refractivity contribution in [3.8, 4) is 0 Å². The molecule has 0 amide bonds. The number of anilines is 1. The molecule has 0 aliphatic rings. The van der Waals surface area contributed by atoms with Gasteiger partial charge in [-0.1, -0.05) is 27.5 Å². The zero-order valence-corrected chi connectivity index (χ0v) is 13.9. The van der Waals surface area contributed by atoms with Gasteiger partial charge in [0.1, 0.15) is 0 Å². The third-order valence-corrected chi connectivity index (χ3v) is 4.54. The molecule has 0 unspecified atom stereocenters. The minimum Gasteiger partial charge on any atom is -0.469 e. The third-order valence-electron chi connectivity index (χ3n) is 2.65. The number of benzene rings is 1. The summed E-state index contributed by atoms with van der Waals surface area (Å²) in [4.78, 5) is 13.3. The first-order valence-electron chi connectivity index (χ1n) is 5.92. The summed E-state index contributed by atoms with van der Waals surface area (Å²) in [5.74, 6) is -0.220. The molecule has 2 aromatic rings. The van der Waals surface area contributed by atoms with E-state index in [1.165, 1.54) is 7.11 Å². The van der Waals surface area contributed by atoms with Gasteiger partial charge in [0, 0.05) is 20.8 Å². The van der Waals surface area contributed by atoms with E-state index in [4.69, 9.17) is 11.6 Å². The number of hydrogen-bond donors (Lipinski definition) is 1. The Labute approximate surface area is 135 Å². The molecule has 0 bridgehead atoms. The average Bonchev–Trinajstić information content (AvgIpc) is 2.85. The molecule has 3 nitrogen and oxygen atoms in total. The molecule has 0 saturated carbocycles. The first kappa shape index (κ1) is 15.4. The number of esters is 1. The predicted molar refractivity (Wildman–Crippen MR) is 86.5 cm³/mol. The molecule has 2 rings (SSSR count). The molecule has 0 aliphatic heterocycles. The fraction of sp³-hybridized carbons (Fsp3) is 0.214. The second-order valence-electron chi connectivity index (χ2n) is 4.10. The van der Waals surface area contributed by atoms with Crippen molar-refractivity contribution in [1.29, 1.82) is 0 Å². The van der Waals surface area contributed by atoms with Crippen molar-refractivity contribution in [3.05, 3.63) is 49.6 Å². The number of carbonyl (C=O) groups is 1. The van der Waals surface area contributed by atoms with E-state index in [-0.39, 0.29) is 5.97 Å². The Morgan fingerprint density at radius 3 is 2.80 bits per heavy atom. The van der Waals surface area contributed by atoms with Gasteiger partial charge in [-0.05, 0) is 30.3 Å². The molecule has 1 N–H and O–H groups in total. The number of hydrogen-bond acceptors (Lipinski definition) is 4. The van der Waals surface area contributed by atoms with E-state index in [2.05, 4.69) is 26.0 Å². The van der Waals surface area contributed by atoms with Crippen molar-refractivity contribution in [2.24, 2.45) is 0 Å². The number of thiophene rings is 1. The molecule has 0 atom stereocenters. The minimum absolute atomic E-state index is 0.220. The van der Waals surface area contributed by atoms with E-state index >= 15 is 0 Å². The molecule has 0 spiro atoms. The molecule has 1 heterocycles. The molecular formula is C14H13BrClNO2S. The second-order valence-corrected chi connectivity index (χ2v) is 6.67. The van der Waals surface area contributed by atoms with Gasteiger partial charge in [-0.3, -0.25) is 4.79 Å². The molecule has 1 aromatic carbocycles. The SMILES string of the molecule is COC(=O)Cc1ccc(CNc2ccc(Br)cc2Cl)s1. The zero-order valence-electron chi connectivity index (χ0n) is 10.8. The number of halogens is 2. The monoisotopic (exact) mass is 373 g/mol. The Balaban J connectivity index is 1.95. The van der Waals surface area contributed by atoms with Gasteiger partial charge in [-0.25, -0.2) is 0 Å². The highest BCUT2D eigenvalue weighted by Gasteiger charge is 2.07. The minimum atomic E-state index is -0.220. The quantitative estimate of drug-likeness (QED) is 0.784. The first-order valence-corrected chi connectivity index (χ1v) is 7.90. The molecule has 0 radical (unpaired) electrons. The number of methoxy groups -OCH3 is 1. The van der Waals surface area contributed by atoms with Crippen molar-refractivity contribution in [2.75, 3.05) is 12.4 Å². The standard InChI is InChI=1S/C14H13BrClNO2S/c1-19-14(18)7-10-3-4-11(20-10)8-17-13-5-2-9(15)6-12(13)16/h2-6,17H,7-8H2,1H3.